The first-order valence-electron chi connectivity index (χ1n) is 4.87. The van der Waals surface area contributed by atoms with Crippen LogP contribution in [-0.2, 0) is 11.2 Å². The molecule has 2 rings (SSSR count). The molecule has 0 bridgehead atoms. The van der Waals surface area contributed by atoms with Crippen LogP contribution in [-0.4, -0.2) is 36.9 Å². The lowest BCUT2D eigenvalue weighted by atomic mass is 9.77. The van der Waals surface area contributed by atoms with Gasteiger partial charge in [-0.25, -0.2) is 4.79 Å². The number of methoxy groups -OCH3 is 1. The molecule has 6 heteroatoms. The van der Waals surface area contributed by atoms with E-state index in [1.54, 1.807) is 6.07 Å². The van der Waals surface area contributed by atoms with Crippen LogP contribution < -0.4 is 10.2 Å². The second-order valence-corrected chi connectivity index (χ2v) is 3.52. The molecule has 0 saturated heterocycles. The van der Waals surface area contributed by atoms with E-state index < -0.39 is 13.1 Å². The second-order valence-electron chi connectivity index (χ2n) is 3.52. The summed E-state index contributed by atoms with van der Waals surface area (Å²) < 4.78 is 9.87. The summed E-state index contributed by atoms with van der Waals surface area (Å²) in [6, 6.07) is 3.03. The Morgan fingerprint density at radius 1 is 1.50 bits per heavy atom. The van der Waals surface area contributed by atoms with E-state index in [1.165, 1.54) is 13.2 Å². The molecule has 0 spiro atoms. The number of esters is 1. The van der Waals surface area contributed by atoms with Gasteiger partial charge in [-0.3, -0.25) is 0 Å². The van der Waals surface area contributed by atoms with Crippen LogP contribution >= 0.6 is 0 Å². The molecule has 0 radical (unpaired) electrons. The number of benzene rings is 1. The highest BCUT2D eigenvalue weighted by Crippen LogP contribution is 2.24. The van der Waals surface area contributed by atoms with Crippen molar-refractivity contribution < 1.29 is 24.3 Å². The van der Waals surface area contributed by atoms with Gasteiger partial charge in [0.15, 0.2) is 0 Å². The normalized spacial score (nSPS) is 12.9. The van der Waals surface area contributed by atoms with Gasteiger partial charge in [0.1, 0.15) is 5.75 Å². The molecule has 0 amide bonds. The monoisotopic (exact) mass is 222 g/mol. The second kappa shape index (κ2) is 4.15. The summed E-state index contributed by atoms with van der Waals surface area (Å²) in [4.78, 5) is 11.4. The molecule has 0 aromatic heterocycles. The molecule has 0 unspecified atom stereocenters. The van der Waals surface area contributed by atoms with Crippen LogP contribution in [0.5, 0.6) is 5.75 Å². The molecule has 1 aliphatic rings. The van der Waals surface area contributed by atoms with E-state index >= 15 is 0 Å². The average molecular weight is 222 g/mol. The van der Waals surface area contributed by atoms with Crippen molar-refractivity contribution in [2.75, 3.05) is 13.7 Å². The third-order valence-electron chi connectivity index (χ3n) is 2.51. The van der Waals surface area contributed by atoms with Gasteiger partial charge < -0.3 is 19.5 Å². The van der Waals surface area contributed by atoms with Gasteiger partial charge in [0.25, 0.3) is 0 Å². The van der Waals surface area contributed by atoms with Crippen molar-refractivity contribution in [3.8, 4) is 5.75 Å². The summed E-state index contributed by atoms with van der Waals surface area (Å²) in [7, 11) is -0.377. The highest BCUT2D eigenvalue weighted by Gasteiger charge is 2.26. The van der Waals surface area contributed by atoms with Gasteiger partial charge in [-0.15, -0.1) is 0 Å². The van der Waals surface area contributed by atoms with E-state index in [4.69, 9.17) is 4.74 Å². The van der Waals surface area contributed by atoms with Crippen LogP contribution in [0.15, 0.2) is 12.1 Å². The van der Waals surface area contributed by atoms with E-state index in [0.29, 0.717) is 24.3 Å². The lowest BCUT2D eigenvalue weighted by Crippen LogP contribution is -2.32. The first-order valence-corrected chi connectivity index (χ1v) is 4.87. The fourth-order valence-corrected chi connectivity index (χ4v) is 1.77. The zero-order valence-corrected chi connectivity index (χ0v) is 8.77. The molecule has 84 valence electrons. The minimum atomic E-state index is -1.66. The van der Waals surface area contributed by atoms with Crippen LogP contribution in [0.3, 0.4) is 0 Å². The van der Waals surface area contributed by atoms with Gasteiger partial charge in [0.05, 0.1) is 19.3 Å². The molecule has 1 aromatic carbocycles. The maximum absolute atomic E-state index is 11.4. The van der Waals surface area contributed by atoms with Gasteiger partial charge in [0, 0.05) is 11.9 Å². The molecule has 1 heterocycles. The number of fused-ring (bicyclic) bond motifs is 1. The largest absolute Gasteiger partial charge is 0.493 e. The standard InChI is InChI=1S/C10H11BO5/c1-15-10(12)7-4-6-2-3-16-9(6)8(5-7)11(13)14/h4-5,13-14H,2-3H2,1H3. The first kappa shape index (κ1) is 11.0. The van der Waals surface area contributed by atoms with Crippen molar-refractivity contribution in [2.45, 2.75) is 6.42 Å². The number of carbonyl (C=O) groups excluding carboxylic acids is 1. The van der Waals surface area contributed by atoms with Crippen LogP contribution in [0.25, 0.3) is 0 Å². The Morgan fingerprint density at radius 2 is 2.25 bits per heavy atom. The Balaban J connectivity index is 2.52. The zero-order valence-electron chi connectivity index (χ0n) is 8.77. The lowest BCUT2D eigenvalue weighted by Gasteiger charge is -2.09. The molecular weight excluding hydrogens is 211 g/mol. The maximum Gasteiger partial charge on any atom is 0.492 e. The first-order chi connectivity index (χ1) is 7.63. The van der Waals surface area contributed by atoms with E-state index in [9.17, 15) is 14.8 Å². The van der Waals surface area contributed by atoms with Crippen LogP contribution in [0, 0.1) is 0 Å². The molecule has 2 N–H and O–H groups in total. The number of hydrogen-bond donors (Lipinski definition) is 2. The van der Waals surface area contributed by atoms with Gasteiger partial charge in [0.2, 0.25) is 0 Å². The summed E-state index contributed by atoms with van der Waals surface area (Å²) >= 11 is 0. The smallest absolute Gasteiger partial charge is 0.492 e. The predicted molar refractivity (Wildman–Crippen MR) is 56.8 cm³/mol. The molecule has 0 atom stereocenters. The van der Waals surface area contributed by atoms with Crippen LogP contribution in [0.1, 0.15) is 15.9 Å². The predicted octanol–water partition coefficient (Wildman–Crippen LogP) is -0.912. The van der Waals surface area contributed by atoms with Gasteiger partial charge in [-0.2, -0.15) is 0 Å². The molecule has 1 aliphatic heterocycles. The highest BCUT2D eigenvalue weighted by molar-refractivity contribution is 6.60. The fraction of sp³-hybridized carbons (Fsp3) is 0.300. The van der Waals surface area contributed by atoms with Crippen molar-refractivity contribution in [1.82, 2.24) is 0 Å². The third kappa shape index (κ3) is 1.77. The molecule has 0 saturated carbocycles. The lowest BCUT2D eigenvalue weighted by molar-refractivity contribution is 0.0601. The Hall–Kier alpha value is -1.53. The Bertz CT molecular complexity index is 429. The molecule has 0 fully saturated rings. The maximum atomic E-state index is 11.4. The number of carbonyl (C=O) groups is 1. The van der Waals surface area contributed by atoms with E-state index in [1.807, 2.05) is 0 Å². The van der Waals surface area contributed by atoms with Crippen LogP contribution in [0.2, 0.25) is 0 Å². The molecule has 16 heavy (non-hydrogen) atoms. The molecule has 5 nitrogen and oxygen atoms in total. The fourth-order valence-electron chi connectivity index (χ4n) is 1.77. The zero-order chi connectivity index (χ0) is 11.7. The number of hydrogen-bond acceptors (Lipinski definition) is 5. The molecule has 1 aromatic rings. The average Bonchev–Trinajstić information content (AvgIpc) is 2.74. The SMILES string of the molecule is COC(=O)c1cc2c(c(B(O)O)c1)OCC2. The van der Waals surface area contributed by atoms with Gasteiger partial charge in [-0.05, 0) is 17.7 Å². The minimum absolute atomic E-state index is 0.204. The summed E-state index contributed by atoms with van der Waals surface area (Å²) in [5, 5.41) is 18.4. The summed E-state index contributed by atoms with van der Waals surface area (Å²) in [5.74, 6) is -0.0424. The van der Waals surface area contributed by atoms with Gasteiger partial charge in [-0.1, -0.05) is 0 Å². The van der Waals surface area contributed by atoms with E-state index in [0.717, 1.165) is 5.56 Å². The van der Waals surface area contributed by atoms with Gasteiger partial charge >= 0.3 is 13.1 Å². The van der Waals surface area contributed by atoms with Crippen molar-refractivity contribution in [1.29, 1.82) is 0 Å². The van der Waals surface area contributed by atoms with Crippen LogP contribution in [0.4, 0.5) is 0 Å². The Morgan fingerprint density at radius 3 is 2.88 bits per heavy atom. The highest BCUT2D eigenvalue weighted by atomic mass is 16.5. The Kier molecular flexibility index (Phi) is 2.85. The summed E-state index contributed by atoms with van der Waals surface area (Å²) in [6.45, 7) is 0.486. The van der Waals surface area contributed by atoms with E-state index in [-0.39, 0.29) is 5.46 Å². The molecule has 0 aliphatic carbocycles. The number of rotatable bonds is 2. The van der Waals surface area contributed by atoms with Crippen molar-refractivity contribution in [3.05, 3.63) is 23.3 Å². The van der Waals surface area contributed by atoms with Crippen molar-refractivity contribution in [3.63, 3.8) is 0 Å². The summed E-state index contributed by atoms with van der Waals surface area (Å²) in [5.41, 5.74) is 1.30. The molecular formula is C10H11BO5. The minimum Gasteiger partial charge on any atom is -0.493 e. The number of ether oxygens (including phenoxy) is 2. The Labute approximate surface area is 92.8 Å². The summed E-state index contributed by atoms with van der Waals surface area (Å²) in [6.07, 6.45) is 0.653. The third-order valence-corrected chi connectivity index (χ3v) is 2.51. The van der Waals surface area contributed by atoms with Crippen molar-refractivity contribution in [2.24, 2.45) is 0 Å². The van der Waals surface area contributed by atoms with Crippen molar-refractivity contribution >= 4 is 18.6 Å². The van der Waals surface area contributed by atoms with E-state index in [2.05, 4.69) is 4.74 Å². The topological polar surface area (TPSA) is 76.0 Å². The quantitative estimate of drug-likeness (QED) is 0.500.